The van der Waals surface area contributed by atoms with E-state index in [-0.39, 0.29) is 5.78 Å². The first-order chi connectivity index (χ1) is 8.69. The highest BCUT2D eigenvalue weighted by atomic mass is 35.5. The Labute approximate surface area is 110 Å². The van der Waals surface area contributed by atoms with Crippen LogP contribution < -0.4 is 4.74 Å². The first-order valence-electron chi connectivity index (χ1n) is 5.58. The van der Waals surface area contributed by atoms with Crippen LogP contribution in [0.25, 0.3) is 0 Å². The molecule has 1 heterocycles. The summed E-state index contributed by atoms with van der Waals surface area (Å²) in [7, 11) is 1.53. The molecule has 5 heteroatoms. The van der Waals surface area contributed by atoms with Gasteiger partial charge in [-0.25, -0.2) is 0 Å². The van der Waals surface area contributed by atoms with Crippen molar-refractivity contribution in [3.05, 3.63) is 46.7 Å². The number of aryl methyl sites for hydroxylation is 1. The zero-order chi connectivity index (χ0) is 13.1. The second kappa shape index (κ2) is 5.23. The smallest absolute Gasteiger partial charge is 0.216 e. The summed E-state index contributed by atoms with van der Waals surface area (Å²) < 4.78 is 6.76. The predicted molar refractivity (Wildman–Crippen MR) is 69.3 cm³/mol. The number of para-hydroxylation sites is 1. The summed E-state index contributed by atoms with van der Waals surface area (Å²) in [5, 5.41) is 4.41. The van der Waals surface area contributed by atoms with Gasteiger partial charge in [0.15, 0.2) is 0 Å². The zero-order valence-corrected chi connectivity index (χ0v) is 10.9. The van der Waals surface area contributed by atoms with Gasteiger partial charge in [-0.2, -0.15) is 5.10 Å². The average molecular weight is 265 g/mol. The Bertz CT molecular complexity index is 578. The van der Waals surface area contributed by atoms with E-state index in [1.165, 1.54) is 13.3 Å². The van der Waals surface area contributed by atoms with E-state index in [1.54, 1.807) is 22.9 Å². The van der Waals surface area contributed by atoms with Crippen molar-refractivity contribution < 1.29 is 9.53 Å². The van der Waals surface area contributed by atoms with Crippen LogP contribution in [-0.2, 0) is 6.54 Å². The average Bonchev–Trinajstić information content (AvgIpc) is 2.79. The maximum atomic E-state index is 12.5. The first-order valence-corrected chi connectivity index (χ1v) is 5.95. The Hall–Kier alpha value is -1.81. The third-order valence-corrected chi connectivity index (χ3v) is 2.94. The minimum Gasteiger partial charge on any atom is -0.496 e. The van der Waals surface area contributed by atoms with Crippen molar-refractivity contribution in [1.82, 2.24) is 9.78 Å². The van der Waals surface area contributed by atoms with Gasteiger partial charge in [-0.05, 0) is 19.1 Å². The van der Waals surface area contributed by atoms with Crippen LogP contribution in [0.4, 0.5) is 0 Å². The molecule has 2 rings (SSSR count). The summed E-state index contributed by atoms with van der Waals surface area (Å²) in [6, 6.07) is 7.06. The molecule has 0 spiro atoms. The lowest BCUT2D eigenvalue weighted by molar-refractivity contribution is 0.102. The number of hydrogen-bond donors (Lipinski definition) is 0. The van der Waals surface area contributed by atoms with E-state index in [0.717, 1.165) is 0 Å². The monoisotopic (exact) mass is 264 g/mol. The number of rotatable bonds is 4. The Balaban J connectivity index is 2.51. The van der Waals surface area contributed by atoms with Crippen molar-refractivity contribution in [3.8, 4) is 5.75 Å². The number of methoxy groups -OCH3 is 1. The molecule has 0 saturated carbocycles. The third-order valence-electron chi connectivity index (χ3n) is 2.66. The molecule has 0 amide bonds. The summed E-state index contributed by atoms with van der Waals surface area (Å²) in [5.74, 6) is 0.346. The summed E-state index contributed by atoms with van der Waals surface area (Å²) >= 11 is 6.02. The van der Waals surface area contributed by atoms with Crippen LogP contribution in [0.3, 0.4) is 0 Å². The van der Waals surface area contributed by atoms with Gasteiger partial charge in [0.05, 0.1) is 23.9 Å². The molecule has 0 N–H and O–H groups in total. The topological polar surface area (TPSA) is 44.1 Å². The van der Waals surface area contributed by atoms with Crippen LogP contribution in [0.15, 0.2) is 30.5 Å². The van der Waals surface area contributed by atoms with Crippen molar-refractivity contribution in [1.29, 1.82) is 0 Å². The quantitative estimate of drug-likeness (QED) is 0.798. The molecule has 18 heavy (non-hydrogen) atoms. The Morgan fingerprint density at radius 1 is 1.44 bits per heavy atom. The molecule has 4 nitrogen and oxygen atoms in total. The predicted octanol–water partition coefficient (Wildman–Crippen LogP) is 2.80. The van der Waals surface area contributed by atoms with Crippen molar-refractivity contribution in [2.24, 2.45) is 0 Å². The minimum absolute atomic E-state index is 0.184. The second-order valence-electron chi connectivity index (χ2n) is 3.69. The van der Waals surface area contributed by atoms with Gasteiger partial charge in [0.2, 0.25) is 5.78 Å². The van der Waals surface area contributed by atoms with Crippen LogP contribution >= 0.6 is 11.6 Å². The fraction of sp³-hybridized carbons (Fsp3) is 0.231. The molecule has 0 aliphatic heterocycles. The van der Waals surface area contributed by atoms with E-state index < -0.39 is 0 Å². The Morgan fingerprint density at radius 2 is 2.17 bits per heavy atom. The highest BCUT2D eigenvalue weighted by Crippen LogP contribution is 2.24. The van der Waals surface area contributed by atoms with Crippen LogP contribution in [0.1, 0.15) is 23.0 Å². The molecular formula is C13H13ClN2O2. The number of hydrogen-bond acceptors (Lipinski definition) is 3. The van der Waals surface area contributed by atoms with Gasteiger partial charge in [-0.15, -0.1) is 0 Å². The van der Waals surface area contributed by atoms with Crippen LogP contribution in [0, 0.1) is 0 Å². The molecule has 0 radical (unpaired) electrons. The third kappa shape index (κ3) is 2.11. The van der Waals surface area contributed by atoms with Crippen molar-refractivity contribution in [2.45, 2.75) is 13.5 Å². The molecule has 0 aliphatic carbocycles. The van der Waals surface area contributed by atoms with Gasteiger partial charge in [0.1, 0.15) is 11.4 Å². The van der Waals surface area contributed by atoms with E-state index in [2.05, 4.69) is 5.10 Å². The lowest BCUT2D eigenvalue weighted by Gasteiger charge is -2.08. The van der Waals surface area contributed by atoms with Gasteiger partial charge < -0.3 is 4.74 Å². The maximum Gasteiger partial charge on any atom is 0.216 e. The molecule has 1 aromatic heterocycles. The first kappa shape index (κ1) is 12.6. The number of carbonyl (C=O) groups excluding carboxylic acids is 1. The molecule has 0 fully saturated rings. The molecule has 0 bridgehead atoms. The number of nitrogens with zero attached hydrogens (tertiary/aromatic N) is 2. The highest BCUT2D eigenvalue weighted by molar-refractivity contribution is 6.34. The molecule has 2 aromatic rings. The molecule has 0 saturated heterocycles. The fourth-order valence-electron chi connectivity index (χ4n) is 1.79. The number of ether oxygens (including phenoxy) is 1. The van der Waals surface area contributed by atoms with Crippen LogP contribution in [-0.4, -0.2) is 22.7 Å². The zero-order valence-electron chi connectivity index (χ0n) is 10.2. The van der Waals surface area contributed by atoms with Gasteiger partial charge in [0, 0.05) is 6.54 Å². The number of ketones is 1. The molecule has 0 aliphatic rings. The molecule has 1 aromatic carbocycles. The minimum atomic E-state index is -0.184. The van der Waals surface area contributed by atoms with Crippen molar-refractivity contribution in [3.63, 3.8) is 0 Å². The maximum absolute atomic E-state index is 12.5. The molecular weight excluding hydrogens is 252 g/mol. The number of carbonyl (C=O) groups is 1. The lowest BCUT2D eigenvalue weighted by atomic mass is 10.1. The summed E-state index contributed by atoms with van der Waals surface area (Å²) in [5.41, 5.74) is 0.876. The lowest BCUT2D eigenvalue weighted by Crippen LogP contribution is -2.12. The van der Waals surface area contributed by atoms with Gasteiger partial charge in [-0.3, -0.25) is 9.48 Å². The van der Waals surface area contributed by atoms with Gasteiger partial charge in [0.25, 0.3) is 0 Å². The molecule has 0 unspecified atom stereocenters. The van der Waals surface area contributed by atoms with Crippen molar-refractivity contribution >= 4 is 17.4 Å². The van der Waals surface area contributed by atoms with Crippen LogP contribution in [0.5, 0.6) is 5.75 Å². The number of aromatic nitrogens is 2. The normalized spacial score (nSPS) is 10.4. The fourth-order valence-corrected chi connectivity index (χ4v) is 2.01. The highest BCUT2D eigenvalue weighted by Gasteiger charge is 2.21. The largest absolute Gasteiger partial charge is 0.496 e. The Kier molecular flexibility index (Phi) is 3.67. The summed E-state index contributed by atoms with van der Waals surface area (Å²) in [6.45, 7) is 2.49. The van der Waals surface area contributed by atoms with E-state index in [0.29, 0.717) is 28.6 Å². The Morgan fingerprint density at radius 3 is 2.83 bits per heavy atom. The molecule has 0 atom stereocenters. The van der Waals surface area contributed by atoms with Gasteiger partial charge >= 0.3 is 0 Å². The van der Waals surface area contributed by atoms with E-state index >= 15 is 0 Å². The van der Waals surface area contributed by atoms with E-state index in [1.807, 2.05) is 13.0 Å². The van der Waals surface area contributed by atoms with Crippen LogP contribution in [0.2, 0.25) is 5.02 Å². The second-order valence-corrected chi connectivity index (χ2v) is 4.09. The number of benzene rings is 1. The molecule has 94 valence electrons. The standard InChI is InChI=1S/C13H13ClN2O2/c1-3-16-12(10(14)8-15-16)13(17)9-6-4-5-7-11(9)18-2/h4-8H,3H2,1-2H3. The van der Waals surface area contributed by atoms with E-state index in [9.17, 15) is 4.79 Å². The van der Waals surface area contributed by atoms with Gasteiger partial charge in [-0.1, -0.05) is 23.7 Å². The van der Waals surface area contributed by atoms with E-state index in [4.69, 9.17) is 16.3 Å². The number of halogens is 1. The summed E-state index contributed by atoms with van der Waals surface area (Å²) in [6.07, 6.45) is 1.48. The summed E-state index contributed by atoms with van der Waals surface area (Å²) in [4.78, 5) is 12.5. The van der Waals surface area contributed by atoms with Crippen molar-refractivity contribution in [2.75, 3.05) is 7.11 Å². The SMILES string of the molecule is CCn1ncc(Cl)c1C(=O)c1ccccc1OC.